The molecular formula is C15H18ClN3O2. The van der Waals surface area contributed by atoms with E-state index in [1.807, 2.05) is 18.2 Å². The predicted molar refractivity (Wildman–Crippen MR) is 82.5 cm³/mol. The molecule has 1 aromatic heterocycles. The maximum Gasteiger partial charge on any atom is 0.273 e. The number of benzene rings is 1. The lowest BCUT2D eigenvalue weighted by molar-refractivity contribution is 0.0923. The van der Waals surface area contributed by atoms with Crippen molar-refractivity contribution in [1.29, 1.82) is 0 Å². The number of nitrogens with one attached hydrogen (secondary N) is 1. The van der Waals surface area contributed by atoms with E-state index in [9.17, 15) is 4.79 Å². The van der Waals surface area contributed by atoms with E-state index in [2.05, 4.69) is 10.5 Å². The van der Waals surface area contributed by atoms with Gasteiger partial charge in [-0.15, -0.1) is 12.4 Å². The minimum absolute atomic E-state index is 0. The van der Waals surface area contributed by atoms with Gasteiger partial charge < -0.3 is 15.6 Å². The van der Waals surface area contributed by atoms with Crippen LogP contribution in [-0.4, -0.2) is 11.1 Å². The van der Waals surface area contributed by atoms with Crippen molar-refractivity contribution < 1.29 is 9.32 Å². The largest absolute Gasteiger partial charge is 0.399 e. The summed E-state index contributed by atoms with van der Waals surface area (Å²) in [6.07, 6.45) is 2.98. The average molecular weight is 308 g/mol. The summed E-state index contributed by atoms with van der Waals surface area (Å²) in [5.74, 6) is 0.434. The Kier molecular flexibility index (Phi) is 4.53. The Labute approximate surface area is 129 Å². The van der Waals surface area contributed by atoms with Crippen molar-refractivity contribution in [3.8, 4) is 0 Å². The highest BCUT2D eigenvalue weighted by atomic mass is 35.5. The molecule has 21 heavy (non-hydrogen) atoms. The maximum absolute atomic E-state index is 12.1. The van der Waals surface area contributed by atoms with Crippen molar-refractivity contribution in [2.24, 2.45) is 0 Å². The molecule has 1 aliphatic rings. The molecule has 1 unspecified atom stereocenters. The number of carbonyl (C=O) groups is 1. The Balaban J connectivity index is 0.00000161. The first-order chi connectivity index (χ1) is 9.63. The van der Waals surface area contributed by atoms with Crippen LogP contribution in [0.15, 0.2) is 28.8 Å². The van der Waals surface area contributed by atoms with Gasteiger partial charge in [-0.2, -0.15) is 0 Å². The molecule has 3 N–H and O–H groups in total. The van der Waals surface area contributed by atoms with Crippen molar-refractivity contribution in [1.82, 2.24) is 10.5 Å². The van der Waals surface area contributed by atoms with E-state index in [1.165, 1.54) is 5.56 Å². The Hall–Kier alpha value is -2.01. The van der Waals surface area contributed by atoms with Gasteiger partial charge in [-0.1, -0.05) is 11.2 Å². The van der Waals surface area contributed by atoms with Gasteiger partial charge in [-0.25, -0.2) is 0 Å². The number of amides is 1. The van der Waals surface area contributed by atoms with Crippen molar-refractivity contribution >= 4 is 24.0 Å². The van der Waals surface area contributed by atoms with Crippen LogP contribution in [0, 0.1) is 6.92 Å². The lowest BCUT2D eigenvalue weighted by Gasteiger charge is -2.26. The van der Waals surface area contributed by atoms with Crippen LogP contribution in [0.3, 0.4) is 0 Å². The number of anilines is 1. The number of carbonyl (C=O) groups excluding carboxylic acids is 1. The number of nitrogens with two attached hydrogens (primary N) is 1. The number of halogens is 1. The van der Waals surface area contributed by atoms with Crippen molar-refractivity contribution in [3.05, 3.63) is 46.8 Å². The zero-order valence-corrected chi connectivity index (χ0v) is 12.6. The first kappa shape index (κ1) is 15.4. The molecule has 1 aromatic carbocycles. The van der Waals surface area contributed by atoms with Crippen LogP contribution in [0.5, 0.6) is 0 Å². The van der Waals surface area contributed by atoms with E-state index in [4.69, 9.17) is 10.3 Å². The molecule has 0 fully saturated rings. The minimum Gasteiger partial charge on any atom is -0.399 e. The van der Waals surface area contributed by atoms with Gasteiger partial charge in [0, 0.05) is 11.8 Å². The molecule has 6 heteroatoms. The predicted octanol–water partition coefficient (Wildman–Crippen LogP) is 2.79. The van der Waals surface area contributed by atoms with Crippen LogP contribution < -0.4 is 11.1 Å². The fourth-order valence-electron chi connectivity index (χ4n) is 2.69. The lowest BCUT2D eigenvalue weighted by Crippen LogP contribution is -2.31. The normalized spacial score (nSPS) is 16.7. The highest BCUT2D eigenvalue weighted by molar-refractivity contribution is 5.92. The van der Waals surface area contributed by atoms with Crippen molar-refractivity contribution in [2.45, 2.75) is 32.2 Å². The summed E-state index contributed by atoms with van der Waals surface area (Å²) in [5.41, 5.74) is 9.28. The van der Waals surface area contributed by atoms with E-state index in [0.29, 0.717) is 11.5 Å². The van der Waals surface area contributed by atoms with Gasteiger partial charge in [0.2, 0.25) is 0 Å². The van der Waals surface area contributed by atoms with Crippen LogP contribution in [0.25, 0.3) is 0 Å². The Morgan fingerprint density at radius 2 is 2.24 bits per heavy atom. The third kappa shape index (κ3) is 3.19. The van der Waals surface area contributed by atoms with Gasteiger partial charge in [-0.05, 0) is 49.4 Å². The van der Waals surface area contributed by atoms with Gasteiger partial charge in [-0.3, -0.25) is 4.79 Å². The maximum atomic E-state index is 12.1. The molecule has 1 amide bonds. The number of rotatable bonds is 2. The summed E-state index contributed by atoms with van der Waals surface area (Å²) in [6, 6.07) is 7.53. The molecule has 0 radical (unpaired) electrons. The number of hydrogen-bond acceptors (Lipinski definition) is 4. The number of aryl methyl sites for hydroxylation is 2. The summed E-state index contributed by atoms with van der Waals surface area (Å²) in [7, 11) is 0. The molecule has 1 atom stereocenters. The van der Waals surface area contributed by atoms with E-state index >= 15 is 0 Å². The number of nitrogens with zero attached hydrogens (tertiary/aromatic N) is 1. The molecule has 0 bridgehead atoms. The van der Waals surface area contributed by atoms with Gasteiger partial charge in [0.05, 0.1) is 6.04 Å². The zero-order valence-electron chi connectivity index (χ0n) is 11.8. The van der Waals surface area contributed by atoms with Crippen molar-refractivity contribution in [3.63, 3.8) is 0 Å². The molecule has 5 nitrogen and oxygen atoms in total. The standard InChI is InChI=1S/C15H17N3O2.ClH/c1-9-7-14(18-20-9)15(19)17-13-4-2-3-10-8-11(16)5-6-12(10)13;/h5-8,13H,2-4,16H2,1H3,(H,17,19);1H. The monoisotopic (exact) mass is 307 g/mol. The quantitative estimate of drug-likeness (QED) is 0.836. The van der Waals surface area contributed by atoms with E-state index in [0.717, 1.165) is 30.5 Å². The second kappa shape index (κ2) is 6.18. The first-order valence-electron chi connectivity index (χ1n) is 6.76. The summed E-state index contributed by atoms with van der Waals surface area (Å²) in [5, 5.41) is 6.77. The summed E-state index contributed by atoms with van der Waals surface area (Å²) in [6.45, 7) is 1.77. The zero-order chi connectivity index (χ0) is 14.1. The highest BCUT2D eigenvalue weighted by Crippen LogP contribution is 2.31. The Morgan fingerprint density at radius 1 is 1.43 bits per heavy atom. The molecular weight excluding hydrogens is 290 g/mol. The van der Waals surface area contributed by atoms with E-state index in [-0.39, 0.29) is 24.4 Å². The van der Waals surface area contributed by atoms with E-state index in [1.54, 1.807) is 13.0 Å². The fourth-order valence-corrected chi connectivity index (χ4v) is 2.69. The number of hydrogen-bond donors (Lipinski definition) is 2. The summed E-state index contributed by atoms with van der Waals surface area (Å²) < 4.78 is 4.93. The first-order valence-corrected chi connectivity index (χ1v) is 6.76. The molecule has 0 aliphatic heterocycles. The highest BCUT2D eigenvalue weighted by Gasteiger charge is 2.23. The molecule has 2 aromatic rings. The molecule has 0 saturated heterocycles. The molecule has 112 valence electrons. The fraction of sp³-hybridized carbons (Fsp3) is 0.333. The van der Waals surface area contributed by atoms with Gasteiger partial charge in [0.1, 0.15) is 5.76 Å². The number of aromatic nitrogens is 1. The van der Waals surface area contributed by atoms with Crippen LogP contribution in [0.1, 0.15) is 46.3 Å². The van der Waals surface area contributed by atoms with Crippen molar-refractivity contribution in [2.75, 3.05) is 5.73 Å². The number of nitrogen functional groups attached to an aromatic ring is 1. The van der Waals surface area contributed by atoms with E-state index < -0.39 is 0 Å². The third-order valence-corrected chi connectivity index (χ3v) is 3.65. The third-order valence-electron chi connectivity index (χ3n) is 3.65. The minimum atomic E-state index is -0.198. The SMILES string of the molecule is Cc1cc(C(=O)NC2CCCc3cc(N)ccc32)no1.Cl. The average Bonchev–Trinajstić information content (AvgIpc) is 2.85. The van der Waals surface area contributed by atoms with Gasteiger partial charge in [0.25, 0.3) is 5.91 Å². The molecule has 1 heterocycles. The van der Waals surface area contributed by atoms with Gasteiger partial charge in [0.15, 0.2) is 5.69 Å². The second-order valence-electron chi connectivity index (χ2n) is 5.20. The summed E-state index contributed by atoms with van der Waals surface area (Å²) >= 11 is 0. The second-order valence-corrected chi connectivity index (χ2v) is 5.20. The molecule has 3 rings (SSSR count). The van der Waals surface area contributed by atoms with Crippen LogP contribution in [0.2, 0.25) is 0 Å². The van der Waals surface area contributed by atoms with Crippen LogP contribution >= 0.6 is 12.4 Å². The smallest absolute Gasteiger partial charge is 0.273 e. The summed E-state index contributed by atoms with van der Waals surface area (Å²) in [4.78, 5) is 12.1. The molecule has 1 aliphatic carbocycles. The Bertz CT molecular complexity index is 654. The Morgan fingerprint density at radius 3 is 2.95 bits per heavy atom. The van der Waals surface area contributed by atoms with Crippen LogP contribution in [0.4, 0.5) is 5.69 Å². The number of fused-ring (bicyclic) bond motifs is 1. The van der Waals surface area contributed by atoms with Crippen LogP contribution in [-0.2, 0) is 6.42 Å². The van der Waals surface area contributed by atoms with Gasteiger partial charge >= 0.3 is 0 Å². The molecule has 0 spiro atoms. The topological polar surface area (TPSA) is 81.2 Å². The molecule has 0 saturated carbocycles. The lowest BCUT2D eigenvalue weighted by atomic mass is 9.87.